The van der Waals surface area contributed by atoms with Crippen LogP contribution in [0.25, 0.3) is 0 Å². The molecule has 5 saturated carbocycles. The highest BCUT2D eigenvalue weighted by Crippen LogP contribution is 2.88. The lowest BCUT2D eigenvalue weighted by atomic mass is 9.43. The molecule has 0 unspecified atom stereocenters. The molecule has 0 bridgehead atoms. The van der Waals surface area contributed by atoms with Crippen molar-refractivity contribution >= 4 is 0 Å². The van der Waals surface area contributed by atoms with Crippen LogP contribution in [0.2, 0.25) is 0 Å². The molecule has 0 aromatic rings. The lowest BCUT2D eigenvalue weighted by Crippen LogP contribution is -2.55. The summed E-state index contributed by atoms with van der Waals surface area (Å²) in [6.07, 6.45) is 15.1. The van der Waals surface area contributed by atoms with Crippen molar-refractivity contribution in [3.8, 4) is 0 Å². The van der Waals surface area contributed by atoms with Gasteiger partial charge in [-0.1, -0.05) is 53.7 Å². The zero-order valence-electron chi connectivity index (χ0n) is 21.5. The topological polar surface area (TPSA) is 20.2 Å². The number of aliphatic hydroxyl groups is 1. The van der Waals surface area contributed by atoms with Crippen LogP contribution in [0, 0.1) is 57.2 Å². The minimum Gasteiger partial charge on any atom is -0.393 e. The van der Waals surface area contributed by atoms with Gasteiger partial charge in [0, 0.05) is 0 Å². The summed E-state index contributed by atoms with van der Waals surface area (Å²) in [5.41, 5.74) is 3.76. The molecule has 0 aromatic carbocycles. The van der Waals surface area contributed by atoms with Crippen LogP contribution in [0.5, 0.6) is 0 Å². The Balaban J connectivity index is 1.37. The monoisotopic (exact) mass is 426 g/mol. The maximum Gasteiger partial charge on any atom is 0.0568 e. The van der Waals surface area contributed by atoms with Gasteiger partial charge in [-0.15, -0.1) is 0 Å². The van der Waals surface area contributed by atoms with E-state index < -0.39 is 0 Å². The second kappa shape index (κ2) is 7.10. The van der Waals surface area contributed by atoms with Crippen molar-refractivity contribution in [2.45, 2.75) is 118 Å². The standard InChI is InChI=1S/C30H50O/c1-19(2)20(3)8-9-21(4)23-12-14-28(7)26-11-10-24-22(5)25(31)13-15-29(24)18-30(26,29)17-16-27(23,28)6/h19,21-26,31H,3,8-18H2,1-2,4-7H3/t21-,22+,23-,24+,25+,26+,27-,28-,29-,30+/m1/s1. The first kappa shape index (κ1) is 22.5. The van der Waals surface area contributed by atoms with Crippen molar-refractivity contribution in [2.75, 3.05) is 0 Å². The Kier molecular flexibility index (Phi) is 5.15. The normalized spacial score (nSPS) is 53.9. The average Bonchev–Trinajstić information content (AvgIpc) is 3.31. The maximum atomic E-state index is 10.6. The van der Waals surface area contributed by atoms with Crippen LogP contribution in [-0.4, -0.2) is 11.2 Å². The van der Waals surface area contributed by atoms with Crippen molar-refractivity contribution in [1.82, 2.24) is 0 Å². The third-order valence-corrected chi connectivity index (χ3v) is 13.1. The Morgan fingerprint density at radius 3 is 2.39 bits per heavy atom. The number of allylic oxidation sites excluding steroid dienone is 1. The minimum absolute atomic E-state index is 0.0356. The highest BCUT2D eigenvalue weighted by molar-refractivity contribution is 5.29. The third-order valence-electron chi connectivity index (χ3n) is 13.1. The number of hydrogen-bond acceptors (Lipinski definition) is 1. The summed E-state index contributed by atoms with van der Waals surface area (Å²) in [5.74, 6) is 4.63. The summed E-state index contributed by atoms with van der Waals surface area (Å²) in [5, 5.41) is 10.6. The van der Waals surface area contributed by atoms with Gasteiger partial charge in [0.2, 0.25) is 0 Å². The van der Waals surface area contributed by atoms with E-state index in [0.717, 1.165) is 30.1 Å². The first-order chi connectivity index (χ1) is 14.5. The smallest absolute Gasteiger partial charge is 0.0568 e. The van der Waals surface area contributed by atoms with Gasteiger partial charge in [-0.05, 0) is 128 Å². The fourth-order valence-corrected chi connectivity index (χ4v) is 10.9. The van der Waals surface area contributed by atoms with Gasteiger partial charge in [-0.2, -0.15) is 0 Å². The first-order valence-electron chi connectivity index (χ1n) is 13.9. The molecule has 10 atom stereocenters. The van der Waals surface area contributed by atoms with E-state index in [-0.39, 0.29) is 6.10 Å². The molecule has 0 amide bonds. The van der Waals surface area contributed by atoms with Crippen LogP contribution in [-0.2, 0) is 0 Å². The minimum atomic E-state index is -0.0356. The van der Waals surface area contributed by atoms with E-state index in [9.17, 15) is 5.11 Å². The zero-order chi connectivity index (χ0) is 22.4. The summed E-state index contributed by atoms with van der Waals surface area (Å²) < 4.78 is 0. The fraction of sp³-hybridized carbons (Fsp3) is 0.933. The van der Waals surface area contributed by atoms with Gasteiger partial charge in [-0.3, -0.25) is 0 Å². The maximum absolute atomic E-state index is 10.6. The number of aliphatic hydroxyl groups excluding tert-OH is 1. The predicted molar refractivity (Wildman–Crippen MR) is 131 cm³/mol. The van der Waals surface area contributed by atoms with E-state index in [1.807, 2.05) is 0 Å². The second-order valence-electron chi connectivity index (χ2n) is 14.0. The van der Waals surface area contributed by atoms with Crippen molar-refractivity contribution in [2.24, 2.45) is 57.2 Å². The highest BCUT2D eigenvalue weighted by Gasteiger charge is 2.81. The SMILES string of the molecule is C=C(CC[C@@H](C)[C@H]1CC[C@]2(C)[C@@H]3CC[C@H]4[C@H](C)[C@@H](O)CC[C@@]45C[C@@]35CC[C@]12C)C(C)C. The van der Waals surface area contributed by atoms with Crippen LogP contribution in [0.4, 0.5) is 0 Å². The quantitative estimate of drug-likeness (QED) is 0.441. The first-order valence-corrected chi connectivity index (χ1v) is 13.9. The summed E-state index contributed by atoms with van der Waals surface area (Å²) in [6, 6.07) is 0. The Labute approximate surface area is 192 Å². The zero-order valence-corrected chi connectivity index (χ0v) is 21.5. The van der Waals surface area contributed by atoms with Crippen molar-refractivity contribution in [3.63, 3.8) is 0 Å². The molecule has 1 N–H and O–H groups in total. The molecular weight excluding hydrogens is 376 g/mol. The third kappa shape index (κ3) is 2.77. The van der Waals surface area contributed by atoms with E-state index in [4.69, 9.17) is 0 Å². The van der Waals surface area contributed by atoms with Gasteiger partial charge in [0.05, 0.1) is 6.10 Å². The van der Waals surface area contributed by atoms with Gasteiger partial charge in [0.15, 0.2) is 0 Å². The van der Waals surface area contributed by atoms with Crippen LogP contribution in [0.15, 0.2) is 12.2 Å². The van der Waals surface area contributed by atoms with Crippen LogP contribution in [0.1, 0.15) is 112 Å². The molecule has 5 aliphatic carbocycles. The molecule has 0 radical (unpaired) electrons. The van der Waals surface area contributed by atoms with Gasteiger partial charge < -0.3 is 5.11 Å². The van der Waals surface area contributed by atoms with Crippen LogP contribution < -0.4 is 0 Å². The average molecular weight is 427 g/mol. The lowest BCUT2D eigenvalue weighted by Gasteiger charge is -2.62. The molecule has 176 valence electrons. The Hall–Kier alpha value is -0.300. The van der Waals surface area contributed by atoms with Crippen molar-refractivity contribution < 1.29 is 5.11 Å². The van der Waals surface area contributed by atoms with Crippen molar-refractivity contribution in [3.05, 3.63) is 12.2 Å². The Morgan fingerprint density at radius 1 is 0.935 bits per heavy atom. The van der Waals surface area contributed by atoms with E-state index in [1.165, 1.54) is 69.8 Å². The summed E-state index contributed by atoms with van der Waals surface area (Å²) >= 11 is 0. The fourth-order valence-electron chi connectivity index (χ4n) is 10.9. The molecule has 0 aliphatic heterocycles. The molecule has 5 aliphatic rings. The molecule has 0 saturated heterocycles. The summed E-state index contributed by atoms with van der Waals surface area (Å²) in [7, 11) is 0. The molecule has 0 aromatic heterocycles. The van der Waals surface area contributed by atoms with E-state index in [1.54, 1.807) is 0 Å². The molecule has 1 heteroatoms. The highest BCUT2D eigenvalue weighted by atomic mass is 16.3. The van der Waals surface area contributed by atoms with E-state index >= 15 is 0 Å². The largest absolute Gasteiger partial charge is 0.393 e. The number of rotatable bonds is 5. The summed E-state index contributed by atoms with van der Waals surface area (Å²) in [6.45, 7) is 19.4. The van der Waals surface area contributed by atoms with Gasteiger partial charge in [0.25, 0.3) is 0 Å². The van der Waals surface area contributed by atoms with Crippen molar-refractivity contribution in [1.29, 1.82) is 0 Å². The van der Waals surface area contributed by atoms with E-state index in [0.29, 0.717) is 33.5 Å². The van der Waals surface area contributed by atoms with Gasteiger partial charge >= 0.3 is 0 Å². The molecule has 5 rings (SSSR count). The predicted octanol–water partition coefficient (Wildman–Crippen LogP) is 8.02. The number of hydrogen-bond donors (Lipinski definition) is 1. The van der Waals surface area contributed by atoms with Crippen LogP contribution in [0.3, 0.4) is 0 Å². The molecule has 31 heavy (non-hydrogen) atoms. The Bertz CT molecular complexity index is 739. The molecule has 0 heterocycles. The number of fused-ring (bicyclic) bond motifs is 2. The Morgan fingerprint density at radius 2 is 1.68 bits per heavy atom. The van der Waals surface area contributed by atoms with Crippen LogP contribution >= 0.6 is 0 Å². The second-order valence-corrected chi connectivity index (χ2v) is 14.0. The van der Waals surface area contributed by atoms with E-state index in [2.05, 4.69) is 48.1 Å². The molecule has 5 fully saturated rings. The lowest BCUT2D eigenvalue weighted by molar-refractivity contribution is -0.142. The molecule has 1 nitrogen and oxygen atoms in total. The molecular formula is C30H50O. The molecule has 2 spiro atoms. The van der Waals surface area contributed by atoms with Gasteiger partial charge in [-0.25, -0.2) is 0 Å². The van der Waals surface area contributed by atoms with Gasteiger partial charge in [0.1, 0.15) is 0 Å². The summed E-state index contributed by atoms with van der Waals surface area (Å²) in [4.78, 5) is 0.